The second-order valence-electron chi connectivity index (χ2n) is 4.32. The molecule has 0 radical (unpaired) electrons. The van der Waals surface area contributed by atoms with Crippen LogP contribution >= 0.6 is 0 Å². The van der Waals surface area contributed by atoms with Crippen molar-refractivity contribution in [3.63, 3.8) is 0 Å². The van der Waals surface area contributed by atoms with Gasteiger partial charge in [0.1, 0.15) is 0 Å². The number of carbonyl (C=O) groups is 1. The summed E-state index contributed by atoms with van der Waals surface area (Å²) in [6.45, 7) is 5.91. The van der Waals surface area contributed by atoms with Crippen LogP contribution in [0.5, 0.6) is 0 Å². The van der Waals surface area contributed by atoms with Gasteiger partial charge in [-0.3, -0.25) is 4.79 Å². The lowest BCUT2D eigenvalue weighted by Gasteiger charge is -2.16. The van der Waals surface area contributed by atoms with Crippen LogP contribution in [0, 0.1) is 13.8 Å². The number of carbonyl (C=O) groups excluding carboxylic acids is 1. The number of nitrogens with zero attached hydrogens (tertiary/aromatic N) is 1. The Kier molecular flexibility index (Phi) is 2.76. The molecule has 0 spiro atoms. The van der Waals surface area contributed by atoms with Gasteiger partial charge in [0.25, 0.3) is 5.91 Å². The Balaban J connectivity index is 2.24. The summed E-state index contributed by atoms with van der Waals surface area (Å²) in [6.07, 6.45) is 2.30. The smallest absolute Gasteiger partial charge is 0.254 e. The monoisotopic (exact) mass is 203 g/mol. The van der Waals surface area contributed by atoms with Crippen molar-refractivity contribution in [2.45, 2.75) is 26.7 Å². The first-order chi connectivity index (χ1) is 7.18. The fourth-order valence-corrected chi connectivity index (χ4v) is 2.14. The number of rotatable bonds is 1. The number of benzene rings is 1. The van der Waals surface area contributed by atoms with E-state index in [2.05, 4.69) is 13.0 Å². The molecule has 1 amide bonds. The van der Waals surface area contributed by atoms with Crippen molar-refractivity contribution in [1.29, 1.82) is 0 Å². The van der Waals surface area contributed by atoms with E-state index in [1.54, 1.807) is 0 Å². The van der Waals surface area contributed by atoms with Crippen molar-refractivity contribution >= 4 is 5.91 Å². The summed E-state index contributed by atoms with van der Waals surface area (Å²) in [5.41, 5.74) is 3.17. The van der Waals surface area contributed by atoms with Crippen molar-refractivity contribution in [2.75, 3.05) is 13.1 Å². The predicted molar refractivity (Wildman–Crippen MR) is 61.1 cm³/mol. The Morgan fingerprint density at radius 1 is 1.20 bits per heavy atom. The zero-order valence-corrected chi connectivity index (χ0v) is 9.42. The van der Waals surface area contributed by atoms with E-state index in [0.717, 1.165) is 37.1 Å². The van der Waals surface area contributed by atoms with Gasteiger partial charge in [0.2, 0.25) is 0 Å². The van der Waals surface area contributed by atoms with E-state index in [9.17, 15) is 4.79 Å². The zero-order chi connectivity index (χ0) is 10.8. The Hall–Kier alpha value is -1.31. The van der Waals surface area contributed by atoms with Crippen LogP contribution in [-0.4, -0.2) is 23.9 Å². The van der Waals surface area contributed by atoms with E-state index in [1.165, 1.54) is 5.56 Å². The zero-order valence-electron chi connectivity index (χ0n) is 9.42. The highest BCUT2D eigenvalue weighted by Gasteiger charge is 2.20. The second kappa shape index (κ2) is 4.05. The maximum Gasteiger partial charge on any atom is 0.254 e. The first-order valence-corrected chi connectivity index (χ1v) is 5.55. The molecule has 0 aliphatic carbocycles. The summed E-state index contributed by atoms with van der Waals surface area (Å²) >= 11 is 0. The number of amides is 1. The Bertz CT molecular complexity index is 378. The van der Waals surface area contributed by atoms with Crippen molar-refractivity contribution in [3.05, 3.63) is 34.9 Å². The molecule has 1 fully saturated rings. The molecule has 0 N–H and O–H groups in total. The molecule has 1 aromatic carbocycles. The summed E-state index contributed by atoms with van der Waals surface area (Å²) in [6, 6.07) is 6.03. The molecular weight excluding hydrogens is 186 g/mol. The maximum absolute atomic E-state index is 12.1. The SMILES string of the molecule is Cc1ccc(C(=O)N2CCCC2)c(C)c1. The van der Waals surface area contributed by atoms with Gasteiger partial charge >= 0.3 is 0 Å². The molecule has 2 nitrogen and oxygen atoms in total. The van der Waals surface area contributed by atoms with Crippen molar-refractivity contribution in [1.82, 2.24) is 4.90 Å². The highest BCUT2D eigenvalue weighted by Crippen LogP contribution is 2.16. The van der Waals surface area contributed by atoms with Gasteiger partial charge in [-0.05, 0) is 38.3 Å². The normalized spacial score (nSPS) is 15.7. The van der Waals surface area contributed by atoms with Crippen molar-refractivity contribution < 1.29 is 4.79 Å². The van der Waals surface area contributed by atoms with E-state index >= 15 is 0 Å². The van der Waals surface area contributed by atoms with Crippen LogP contribution in [0.3, 0.4) is 0 Å². The third kappa shape index (κ3) is 2.04. The average Bonchev–Trinajstić information content (AvgIpc) is 2.69. The molecule has 1 aliphatic heterocycles. The molecule has 1 aliphatic rings. The lowest BCUT2D eigenvalue weighted by molar-refractivity contribution is 0.0792. The summed E-state index contributed by atoms with van der Waals surface area (Å²) in [5, 5.41) is 0. The number of aryl methyl sites for hydroxylation is 2. The van der Waals surface area contributed by atoms with E-state index < -0.39 is 0 Å². The quantitative estimate of drug-likeness (QED) is 0.687. The number of hydrogen-bond acceptors (Lipinski definition) is 1. The van der Waals surface area contributed by atoms with Gasteiger partial charge in [-0.15, -0.1) is 0 Å². The molecule has 2 rings (SSSR count). The Morgan fingerprint density at radius 2 is 1.87 bits per heavy atom. The summed E-state index contributed by atoms with van der Waals surface area (Å²) in [7, 11) is 0. The maximum atomic E-state index is 12.1. The lowest BCUT2D eigenvalue weighted by Crippen LogP contribution is -2.28. The third-order valence-corrected chi connectivity index (χ3v) is 3.01. The van der Waals surface area contributed by atoms with Crippen molar-refractivity contribution in [2.24, 2.45) is 0 Å². The topological polar surface area (TPSA) is 20.3 Å². The van der Waals surface area contributed by atoms with Gasteiger partial charge in [0, 0.05) is 18.7 Å². The molecule has 1 heterocycles. The van der Waals surface area contributed by atoms with Gasteiger partial charge < -0.3 is 4.90 Å². The first-order valence-electron chi connectivity index (χ1n) is 5.55. The van der Waals surface area contributed by atoms with Crippen molar-refractivity contribution in [3.8, 4) is 0 Å². The van der Waals surface area contributed by atoms with Crippen LogP contribution in [0.2, 0.25) is 0 Å². The van der Waals surface area contributed by atoms with Gasteiger partial charge in [-0.1, -0.05) is 17.7 Å². The summed E-state index contributed by atoms with van der Waals surface area (Å²) < 4.78 is 0. The van der Waals surface area contributed by atoms with Gasteiger partial charge in [0.15, 0.2) is 0 Å². The molecule has 1 aromatic rings. The van der Waals surface area contributed by atoms with Crippen LogP contribution in [-0.2, 0) is 0 Å². The molecule has 1 saturated heterocycles. The van der Waals surface area contributed by atoms with Crippen LogP contribution in [0.25, 0.3) is 0 Å². The summed E-state index contributed by atoms with van der Waals surface area (Å²) in [4.78, 5) is 14.1. The molecular formula is C13H17NO. The van der Waals surface area contributed by atoms with Gasteiger partial charge in [0.05, 0.1) is 0 Å². The van der Waals surface area contributed by atoms with E-state index in [0.29, 0.717) is 0 Å². The minimum absolute atomic E-state index is 0.199. The first kappa shape index (κ1) is 10.2. The van der Waals surface area contributed by atoms with Crippen LogP contribution in [0.15, 0.2) is 18.2 Å². The molecule has 0 atom stereocenters. The average molecular weight is 203 g/mol. The fourth-order valence-electron chi connectivity index (χ4n) is 2.14. The fraction of sp³-hybridized carbons (Fsp3) is 0.462. The van der Waals surface area contributed by atoms with Crippen LogP contribution in [0.1, 0.15) is 34.3 Å². The Morgan fingerprint density at radius 3 is 2.47 bits per heavy atom. The minimum atomic E-state index is 0.199. The minimum Gasteiger partial charge on any atom is -0.339 e. The van der Waals surface area contributed by atoms with Crippen LogP contribution in [0.4, 0.5) is 0 Å². The molecule has 0 unspecified atom stereocenters. The molecule has 2 heteroatoms. The molecule has 0 aromatic heterocycles. The standard InChI is InChI=1S/C13H17NO/c1-10-5-6-12(11(2)9-10)13(15)14-7-3-4-8-14/h5-6,9H,3-4,7-8H2,1-2H3. The van der Waals surface area contributed by atoms with Gasteiger partial charge in [-0.2, -0.15) is 0 Å². The molecule has 80 valence electrons. The lowest BCUT2D eigenvalue weighted by atomic mass is 10.0. The van der Waals surface area contributed by atoms with E-state index in [-0.39, 0.29) is 5.91 Å². The highest BCUT2D eigenvalue weighted by molar-refractivity contribution is 5.95. The summed E-state index contributed by atoms with van der Waals surface area (Å²) in [5.74, 6) is 0.199. The van der Waals surface area contributed by atoms with E-state index in [1.807, 2.05) is 24.0 Å². The Labute approximate surface area is 90.9 Å². The second-order valence-corrected chi connectivity index (χ2v) is 4.32. The van der Waals surface area contributed by atoms with Crippen LogP contribution < -0.4 is 0 Å². The number of hydrogen-bond donors (Lipinski definition) is 0. The third-order valence-electron chi connectivity index (χ3n) is 3.01. The largest absolute Gasteiger partial charge is 0.339 e. The van der Waals surface area contributed by atoms with E-state index in [4.69, 9.17) is 0 Å². The number of likely N-dealkylation sites (tertiary alicyclic amines) is 1. The molecule has 15 heavy (non-hydrogen) atoms. The highest BCUT2D eigenvalue weighted by atomic mass is 16.2. The van der Waals surface area contributed by atoms with Gasteiger partial charge in [-0.25, -0.2) is 0 Å². The molecule has 0 saturated carbocycles. The predicted octanol–water partition coefficient (Wildman–Crippen LogP) is 2.54. The molecule has 0 bridgehead atoms.